The van der Waals surface area contributed by atoms with Gasteiger partial charge in [0, 0.05) is 45.9 Å². The van der Waals surface area contributed by atoms with Gasteiger partial charge in [0.15, 0.2) is 0 Å². The summed E-state index contributed by atoms with van der Waals surface area (Å²) in [5, 5.41) is 11.3. The van der Waals surface area contributed by atoms with Gasteiger partial charge >= 0.3 is 6.41 Å². The minimum Gasteiger partial charge on any atom is -0.396 e. The molecule has 0 spiro atoms. The Hall–Kier alpha value is -0.650. The molecule has 1 heterocycles. The predicted octanol–water partition coefficient (Wildman–Crippen LogP) is -0.967. The van der Waals surface area contributed by atoms with E-state index in [-0.39, 0.29) is 6.61 Å². The molecule has 93 valence electrons. The Balaban J connectivity index is 2.00. The number of nitrogens with one attached hydrogen (secondary N) is 1. The molecule has 5 heteroatoms. The number of nitrogens with zero attached hydrogens (tertiary/aromatic N) is 2. The zero-order valence-corrected chi connectivity index (χ0v) is 9.82. The SMILES string of the molecule is O=[C]NCCCN1CCN(CCCO)CC1. The van der Waals surface area contributed by atoms with Gasteiger partial charge < -0.3 is 20.2 Å². The van der Waals surface area contributed by atoms with E-state index < -0.39 is 0 Å². The highest BCUT2D eigenvalue weighted by molar-refractivity contribution is 5.46. The Morgan fingerprint density at radius 2 is 1.62 bits per heavy atom. The highest BCUT2D eigenvalue weighted by Gasteiger charge is 2.15. The van der Waals surface area contributed by atoms with Gasteiger partial charge in [0.25, 0.3) is 0 Å². The average molecular weight is 228 g/mol. The third-order valence-corrected chi connectivity index (χ3v) is 2.95. The molecule has 0 bridgehead atoms. The Kier molecular flexibility index (Phi) is 7.12. The monoisotopic (exact) mass is 228 g/mol. The summed E-state index contributed by atoms with van der Waals surface area (Å²) in [5.74, 6) is 0. The van der Waals surface area contributed by atoms with Crippen LogP contribution >= 0.6 is 0 Å². The first kappa shape index (κ1) is 13.4. The Bertz CT molecular complexity index is 182. The van der Waals surface area contributed by atoms with E-state index in [0.29, 0.717) is 6.54 Å². The highest BCUT2D eigenvalue weighted by Crippen LogP contribution is 2.02. The molecule has 1 aliphatic heterocycles. The summed E-state index contributed by atoms with van der Waals surface area (Å²) in [7, 11) is 0. The van der Waals surface area contributed by atoms with E-state index in [0.717, 1.165) is 52.1 Å². The quantitative estimate of drug-likeness (QED) is 0.415. The first-order chi connectivity index (χ1) is 7.86. The number of rotatable bonds is 8. The standard InChI is InChI=1S/C11H22N3O2/c15-10-2-5-14-8-6-13(7-9-14)4-1-3-12-11-16/h15H,1-10H2,(H,12,16). The van der Waals surface area contributed by atoms with Crippen molar-refractivity contribution in [2.45, 2.75) is 12.8 Å². The van der Waals surface area contributed by atoms with Gasteiger partial charge in [0.05, 0.1) is 0 Å². The van der Waals surface area contributed by atoms with Crippen LogP contribution in [-0.2, 0) is 4.79 Å². The normalized spacial score (nSPS) is 18.6. The molecule has 1 amide bonds. The van der Waals surface area contributed by atoms with Crippen LogP contribution < -0.4 is 5.32 Å². The molecule has 5 nitrogen and oxygen atoms in total. The van der Waals surface area contributed by atoms with Crippen LogP contribution in [0.5, 0.6) is 0 Å². The van der Waals surface area contributed by atoms with Crippen molar-refractivity contribution < 1.29 is 9.90 Å². The molecule has 1 radical (unpaired) electrons. The molecule has 0 aromatic heterocycles. The second-order valence-corrected chi connectivity index (χ2v) is 4.14. The summed E-state index contributed by atoms with van der Waals surface area (Å²) in [6, 6.07) is 0. The fraction of sp³-hybridized carbons (Fsp3) is 0.909. The van der Waals surface area contributed by atoms with Crippen LogP contribution in [0.25, 0.3) is 0 Å². The van der Waals surface area contributed by atoms with E-state index in [9.17, 15) is 4.79 Å². The first-order valence-electron chi connectivity index (χ1n) is 6.02. The lowest BCUT2D eigenvalue weighted by Gasteiger charge is -2.34. The van der Waals surface area contributed by atoms with Crippen molar-refractivity contribution in [3.63, 3.8) is 0 Å². The lowest BCUT2D eigenvalue weighted by atomic mass is 10.2. The predicted molar refractivity (Wildman–Crippen MR) is 62.9 cm³/mol. The van der Waals surface area contributed by atoms with Crippen molar-refractivity contribution in [2.75, 3.05) is 52.4 Å². The van der Waals surface area contributed by atoms with Crippen molar-refractivity contribution in [3.05, 3.63) is 0 Å². The fourth-order valence-electron chi connectivity index (χ4n) is 1.97. The van der Waals surface area contributed by atoms with Gasteiger partial charge in [0.1, 0.15) is 0 Å². The summed E-state index contributed by atoms with van der Waals surface area (Å²) in [5.41, 5.74) is 0. The first-order valence-corrected chi connectivity index (χ1v) is 6.02. The fourth-order valence-corrected chi connectivity index (χ4v) is 1.97. The molecule has 1 rings (SSSR count). The molecule has 16 heavy (non-hydrogen) atoms. The summed E-state index contributed by atoms with van der Waals surface area (Å²) in [4.78, 5) is 14.7. The third kappa shape index (κ3) is 5.44. The number of amides is 1. The average Bonchev–Trinajstić information content (AvgIpc) is 2.33. The summed E-state index contributed by atoms with van der Waals surface area (Å²) >= 11 is 0. The number of hydrogen-bond donors (Lipinski definition) is 2. The molecule has 1 saturated heterocycles. The second-order valence-electron chi connectivity index (χ2n) is 4.14. The van der Waals surface area contributed by atoms with Crippen LogP contribution in [0, 0.1) is 0 Å². The second kappa shape index (κ2) is 8.50. The van der Waals surface area contributed by atoms with Crippen molar-refractivity contribution in [1.29, 1.82) is 0 Å². The zero-order valence-electron chi connectivity index (χ0n) is 9.82. The van der Waals surface area contributed by atoms with Gasteiger partial charge in [-0.15, -0.1) is 0 Å². The number of carbonyl (C=O) groups excluding carboxylic acids is 1. The molecule has 1 fully saturated rings. The third-order valence-electron chi connectivity index (χ3n) is 2.95. The van der Waals surface area contributed by atoms with E-state index in [1.807, 2.05) is 0 Å². The summed E-state index contributed by atoms with van der Waals surface area (Å²) in [6.07, 6.45) is 3.55. The molecular formula is C11H22N3O2. The number of piperazine rings is 1. The van der Waals surface area contributed by atoms with Crippen LogP contribution in [0.4, 0.5) is 0 Å². The van der Waals surface area contributed by atoms with E-state index >= 15 is 0 Å². The summed E-state index contributed by atoms with van der Waals surface area (Å²) in [6.45, 7) is 7.42. The van der Waals surface area contributed by atoms with Crippen molar-refractivity contribution in [1.82, 2.24) is 15.1 Å². The van der Waals surface area contributed by atoms with Crippen molar-refractivity contribution >= 4 is 6.41 Å². The molecule has 2 N–H and O–H groups in total. The Morgan fingerprint density at radius 1 is 1.06 bits per heavy atom. The van der Waals surface area contributed by atoms with Gasteiger partial charge in [-0.2, -0.15) is 0 Å². The van der Waals surface area contributed by atoms with Crippen molar-refractivity contribution in [2.24, 2.45) is 0 Å². The summed E-state index contributed by atoms with van der Waals surface area (Å²) < 4.78 is 0. The van der Waals surface area contributed by atoms with Crippen molar-refractivity contribution in [3.8, 4) is 0 Å². The maximum absolute atomic E-state index is 9.92. The Morgan fingerprint density at radius 3 is 2.12 bits per heavy atom. The Labute approximate surface area is 97.4 Å². The molecule has 1 aliphatic rings. The van der Waals surface area contributed by atoms with E-state index in [1.165, 1.54) is 0 Å². The molecule has 0 aromatic carbocycles. The maximum Gasteiger partial charge on any atom is 0.309 e. The highest BCUT2D eigenvalue weighted by atomic mass is 16.3. The molecular weight excluding hydrogens is 206 g/mol. The van der Waals surface area contributed by atoms with Crippen LogP contribution in [0.3, 0.4) is 0 Å². The topological polar surface area (TPSA) is 55.8 Å². The maximum atomic E-state index is 9.92. The largest absolute Gasteiger partial charge is 0.396 e. The smallest absolute Gasteiger partial charge is 0.309 e. The van der Waals surface area contributed by atoms with E-state index in [1.54, 1.807) is 6.41 Å². The molecule has 0 aromatic rings. The van der Waals surface area contributed by atoms with Crippen LogP contribution in [-0.4, -0.2) is 73.7 Å². The van der Waals surface area contributed by atoms with Crippen LogP contribution in [0.15, 0.2) is 0 Å². The molecule has 0 aliphatic carbocycles. The van der Waals surface area contributed by atoms with Gasteiger partial charge in [-0.05, 0) is 19.4 Å². The lowest BCUT2D eigenvalue weighted by Crippen LogP contribution is -2.47. The van der Waals surface area contributed by atoms with Crippen LogP contribution in [0.1, 0.15) is 12.8 Å². The van der Waals surface area contributed by atoms with Gasteiger partial charge in [-0.3, -0.25) is 4.79 Å². The minimum absolute atomic E-state index is 0.286. The lowest BCUT2D eigenvalue weighted by molar-refractivity contribution is 0.124. The number of aliphatic hydroxyl groups excluding tert-OH is 1. The van der Waals surface area contributed by atoms with Gasteiger partial charge in [-0.1, -0.05) is 0 Å². The van der Waals surface area contributed by atoms with Crippen LogP contribution in [0.2, 0.25) is 0 Å². The van der Waals surface area contributed by atoms with E-state index in [2.05, 4.69) is 15.1 Å². The molecule has 0 unspecified atom stereocenters. The number of hydrogen-bond acceptors (Lipinski definition) is 4. The minimum atomic E-state index is 0.286. The van der Waals surface area contributed by atoms with Gasteiger partial charge in [0.2, 0.25) is 0 Å². The molecule has 0 atom stereocenters. The zero-order chi connectivity index (χ0) is 11.6. The molecule has 0 saturated carbocycles. The van der Waals surface area contributed by atoms with E-state index in [4.69, 9.17) is 5.11 Å². The van der Waals surface area contributed by atoms with Gasteiger partial charge in [-0.25, -0.2) is 0 Å². The number of aliphatic hydroxyl groups is 1.